The monoisotopic (exact) mass is 431 g/mol. The summed E-state index contributed by atoms with van der Waals surface area (Å²) in [6.07, 6.45) is 1.64. The molecule has 1 aliphatic heterocycles. The zero-order valence-corrected chi connectivity index (χ0v) is 17.3. The van der Waals surface area contributed by atoms with Crippen LogP contribution in [0.15, 0.2) is 66.7 Å². The molecule has 1 fully saturated rings. The van der Waals surface area contributed by atoms with E-state index >= 15 is 0 Å². The van der Waals surface area contributed by atoms with E-state index in [1.54, 1.807) is 48.5 Å². The van der Waals surface area contributed by atoms with Crippen molar-refractivity contribution < 1.29 is 24.1 Å². The number of halogens is 1. The average Bonchev–Trinajstić information content (AvgIpc) is 3.17. The SMILES string of the molecule is O=C(O)c1ccc(-c2c(C3CCOCC3)n(-c3ccc(F)cc3)c3cccc(O)c23)cc1. The maximum absolute atomic E-state index is 13.7. The maximum Gasteiger partial charge on any atom is 0.335 e. The van der Waals surface area contributed by atoms with E-state index in [4.69, 9.17) is 4.74 Å². The van der Waals surface area contributed by atoms with Gasteiger partial charge in [-0.2, -0.15) is 0 Å². The van der Waals surface area contributed by atoms with Crippen LogP contribution in [0, 0.1) is 5.82 Å². The highest BCUT2D eigenvalue weighted by atomic mass is 19.1. The van der Waals surface area contributed by atoms with Gasteiger partial charge in [0.05, 0.1) is 11.1 Å². The second-order valence-electron chi connectivity index (χ2n) is 8.01. The second-order valence-corrected chi connectivity index (χ2v) is 8.01. The van der Waals surface area contributed by atoms with Crippen molar-refractivity contribution in [3.63, 3.8) is 0 Å². The first-order valence-electron chi connectivity index (χ1n) is 10.6. The molecule has 5 nitrogen and oxygen atoms in total. The largest absolute Gasteiger partial charge is 0.507 e. The van der Waals surface area contributed by atoms with E-state index in [-0.39, 0.29) is 23.0 Å². The first kappa shape index (κ1) is 20.3. The molecule has 0 spiro atoms. The Hall–Kier alpha value is -3.64. The lowest BCUT2D eigenvalue weighted by Gasteiger charge is -2.26. The summed E-state index contributed by atoms with van der Waals surface area (Å²) in [4.78, 5) is 11.4. The molecule has 32 heavy (non-hydrogen) atoms. The lowest BCUT2D eigenvalue weighted by atomic mass is 9.89. The molecular formula is C26H22FNO4. The molecule has 2 heterocycles. The summed E-state index contributed by atoms with van der Waals surface area (Å²) in [6, 6.07) is 18.4. The summed E-state index contributed by atoms with van der Waals surface area (Å²) in [6.45, 7) is 1.28. The minimum absolute atomic E-state index is 0.147. The lowest BCUT2D eigenvalue weighted by molar-refractivity contribution is 0.0697. The van der Waals surface area contributed by atoms with Gasteiger partial charge in [-0.25, -0.2) is 9.18 Å². The lowest BCUT2D eigenvalue weighted by Crippen LogP contribution is -2.17. The van der Waals surface area contributed by atoms with Crippen molar-refractivity contribution in [1.82, 2.24) is 4.57 Å². The van der Waals surface area contributed by atoms with Crippen LogP contribution in [0.3, 0.4) is 0 Å². The zero-order valence-electron chi connectivity index (χ0n) is 17.3. The van der Waals surface area contributed by atoms with E-state index in [1.807, 2.05) is 6.07 Å². The Morgan fingerprint density at radius 2 is 1.66 bits per heavy atom. The zero-order chi connectivity index (χ0) is 22.2. The predicted octanol–water partition coefficient (Wildman–Crippen LogP) is 5.73. The molecule has 162 valence electrons. The molecule has 2 N–H and O–H groups in total. The van der Waals surface area contributed by atoms with Gasteiger partial charge in [-0.15, -0.1) is 0 Å². The number of phenolic OH excluding ortho intramolecular Hbond substituents is 1. The topological polar surface area (TPSA) is 71.7 Å². The van der Waals surface area contributed by atoms with Crippen molar-refractivity contribution in [3.8, 4) is 22.6 Å². The number of nitrogens with zero attached hydrogens (tertiary/aromatic N) is 1. The molecule has 5 rings (SSSR count). The quantitative estimate of drug-likeness (QED) is 0.433. The van der Waals surface area contributed by atoms with Crippen molar-refractivity contribution in [2.45, 2.75) is 18.8 Å². The molecule has 6 heteroatoms. The number of phenols is 1. The van der Waals surface area contributed by atoms with Crippen molar-refractivity contribution >= 4 is 16.9 Å². The maximum atomic E-state index is 13.7. The van der Waals surface area contributed by atoms with Crippen LogP contribution in [0.4, 0.5) is 4.39 Å². The van der Waals surface area contributed by atoms with E-state index in [2.05, 4.69) is 4.57 Å². The van der Waals surface area contributed by atoms with Crippen molar-refractivity contribution in [2.75, 3.05) is 13.2 Å². The van der Waals surface area contributed by atoms with Crippen LogP contribution in [0.2, 0.25) is 0 Å². The summed E-state index contributed by atoms with van der Waals surface area (Å²) < 4.78 is 21.4. The van der Waals surface area contributed by atoms with Gasteiger partial charge in [-0.1, -0.05) is 18.2 Å². The fourth-order valence-electron chi connectivity index (χ4n) is 4.64. The third-order valence-electron chi connectivity index (χ3n) is 6.12. The Kier molecular flexibility index (Phi) is 5.15. The molecule has 0 bridgehead atoms. The average molecular weight is 431 g/mol. The molecule has 3 aromatic carbocycles. The van der Waals surface area contributed by atoms with Crippen LogP contribution in [0.1, 0.15) is 34.8 Å². The van der Waals surface area contributed by atoms with Crippen LogP contribution in [0.5, 0.6) is 5.75 Å². The molecule has 0 amide bonds. The number of hydrogen-bond acceptors (Lipinski definition) is 3. The minimum atomic E-state index is -0.988. The fraction of sp³-hybridized carbons (Fsp3) is 0.192. The van der Waals surface area contributed by atoms with Crippen LogP contribution >= 0.6 is 0 Å². The molecule has 4 aromatic rings. The summed E-state index contributed by atoms with van der Waals surface area (Å²) in [5, 5.41) is 20.9. The van der Waals surface area contributed by atoms with Gasteiger partial charge in [-0.3, -0.25) is 0 Å². The van der Waals surface area contributed by atoms with Gasteiger partial charge in [0.2, 0.25) is 0 Å². The van der Waals surface area contributed by atoms with Crippen molar-refractivity contribution in [1.29, 1.82) is 0 Å². The number of carbonyl (C=O) groups is 1. The third kappa shape index (κ3) is 3.42. The Morgan fingerprint density at radius 3 is 2.31 bits per heavy atom. The molecule has 0 radical (unpaired) electrons. The molecule has 0 aliphatic carbocycles. The summed E-state index contributed by atoms with van der Waals surface area (Å²) in [5.74, 6) is -0.994. The van der Waals surface area contributed by atoms with Crippen LogP contribution in [0.25, 0.3) is 27.7 Å². The number of aromatic hydroxyl groups is 1. The van der Waals surface area contributed by atoms with E-state index in [1.165, 1.54) is 12.1 Å². The van der Waals surface area contributed by atoms with Crippen molar-refractivity contribution in [3.05, 3.63) is 83.8 Å². The van der Waals surface area contributed by atoms with Gasteiger partial charge < -0.3 is 19.5 Å². The smallest absolute Gasteiger partial charge is 0.335 e. The van der Waals surface area contributed by atoms with E-state index in [0.29, 0.717) is 18.6 Å². The Labute approximate surface area is 184 Å². The molecule has 0 saturated carbocycles. The number of carboxylic acids is 1. The fourth-order valence-corrected chi connectivity index (χ4v) is 4.64. The van der Waals surface area contributed by atoms with Gasteiger partial charge in [0, 0.05) is 41.5 Å². The van der Waals surface area contributed by atoms with E-state index < -0.39 is 5.97 Å². The normalized spacial score (nSPS) is 14.7. The Morgan fingerprint density at radius 1 is 0.969 bits per heavy atom. The summed E-state index contributed by atoms with van der Waals surface area (Å²) in [5.41, 5.74) is 4.52. The number of aromatic nitrogens is 1. The number of aromatic carboxylic acids is 1. The molecular weight excluding hydrogens is 409 g/mol. The van der Waals surface area contributed by atoms with Gasteiger partial charge in [0.1, 0.15) is 11.6 Å². The number of benzene rings is 3. The highest BCUT2D eigenvalue weighted by Crippen LogP contribution is 2.46. The number of fused-ring (bicyclic) bond motifs is 1. The highest BCUT2D eigenvalue weighted by molar-refractivity contribution is 6.03. The molecule has 0 atom stereocenters. The predicted molar refractivity (Wildman–Crippen MR) is 120 cm³/mol. The molecule has 1 aliphatic rings. The minimum Gasteiger partial charge on any atom is -0.507 e. The first-order chi connectivity index (χ1) is 15.5. The number of rotatable bonds is 4. The summed E-state index contributed by atoms with van der Waals surface area (Å²) >= 11 is 0. The molecule has 1 aromatic heterocycles. The summed E-state index contributed by atoms with van der Waals surface area (Å²) in [7, 11) is 0. The molecule has 1 saturated heterocycles. The number of carboxylic acid groups (broad SMARTS) is 1. The van der Waals surface area contributed by atoms with Gasteiger partial charge in [0.25, 0.3) is 0 Å². The highest BCUT2D eigenvalue weighted by Gasteiger charge is 2.29. The number of ether oxygens (including phenoxy) is 1. The third-order valence-corrected chi connectivity index (χ3v) is 6.12. The van der Waals surface area contributed by atoms with Crippen LogP contribution in [-0.2, 0) is 4.74 Å². The van der Waals surface area contributed by atoms with E-state index in [9.17, 15) is 19.4 Å². The standard InChI is InChI=1S/C26H22FNO4/c27-19-8-10-20(11-9-19)28-21-2-1-3-22(29)24(21)23(25(28)17-12-14-32-15-13-17)16-4-6-18(7-5-16)26(30)31/h1-11,17,29H,12-15H2,(H,30,31). The Bertz CT molecular complexity index is 1290. The van der Waals surface area contributed by atoms with Crippen LogP contribution < -0.4 is 0 Å². The van der Waals surface area contributed by atoms with E-state index in [0.717, 1.165) is 40.9 Å². The van der Waals surface area contributed by atoms with Gasteiger partial charge >= 0.3 is 5.97 Å². The Balaban J connectivity index is 1.85. The van der Waals surface area contributed by atoms with Gasteiger partial charge in [-0.05, 0) is 66.9 Å². The van der Waals surface area contributed by atoms with Gasteiger partial charge in [0.15, 0.2) is 0 Å². The first-order valence-corrected chi connectivity index (χ1v) is 10.6. The number of hydrogen-bond donors (Lipinski definition) is 2. The second kappa shape index (κ2) is 8.13. The molecule has 0 unspecified atom stereocenters. The van der Waals surface area contributed by atoms with Crippen molar-refractivity contribution in [2.24, 2.45) is 0 Å². The van der Waals surface area contributed by atoms with Crippen LogP contribution in [-0.4, -0.2) is 34.0 Å².